The molecule has 2 nitrogen and oxygen atoms in total. The zero-order chi connectivity index (χ0) is 9.42. The van der Waals surface area contributed by atoms with Crippen LogP contribution >= 0.6 is 15.9 Å². The highest BCUT2D eigenvalue weighted by Gasteiger charge is 2.39. The van der Waals surface area contributed by atoms with Crippen LogP contribution in [-0.4, -0.2) is 28.7 Å². The van der Waals surface area contributed by atoms with Gasteiger partial charge < -0.3 is 4.90 Å². The van der Waals surface area contributed by atoms with E-state index in [0.717, 1.165) is 25.9 Å². The Morgan fingerprint density at radius 3 is 2.62 bits per heavy atom. The minimum absolute atomic E-state index is 0.385. The number of amides is 1. The second-order valence-electron chi connectivity index (χ2n) is 4.20. The molecule has 2 atom stereocenters. The summed E-state index contributed by atoms with van der Waals surface area (Å²) in [6.45, 7) is 4.10. The maximum absolute atomic E-state index is 11.7. The van der Waals surface area contributed by atoms with Crippen molar-refractivity contribution in [2.45, 2.75) is 31.0 Å². The Morgan fingerprint density at radius 2 is 2.15 bits per heavy atom. The van der Waals surface area contributed by atoms with Gasteiger partial charge in [-0.1, -0.05) is 29.3 Å². The highest BCUT2D eigenvalue weighted by molar-refractivity contribution is 9.09. The predicted molar refractivity (Wildman–Crippen MR) is 55.8 cm³/mol. The summed E-state index contributed by atoms with van der Waals surface area (Å²) in [5, 5.41) is 0. The first-order valence-electron chi connectivity index (χ1n) is 5.15. The second kappa shape index (κ2) is 3.60. The molecule has 2 aliphatic rings. The molecule has 0 radical (unpaired) electrons. The van der Waals surface area contributed by atoms with Crippen LogP contribution in [0.2, 0.25) is 0 Å². The van der Waals surface area contributed by atoms with E-state index in [-0.39, 0.29) is 0 Å². The van der Waals surface area contributed by atoms with Crippen LogP contribution in [0.4, 0.5) is 0 Å². The molecule has 74 valence electrons. The molecular weight excluding hydrogens is 230 g/mol. The molecule has 1 saturated carbocycles. The Bertz CT molecular complexity index is 215. The SMILES string of the molecule is CCC1CN(C(=O)C2CC2)CC1Br. The van der Waals surface area contributed by atoms with Gasteiger partial charge in [-0.05, 0) is 18.8 Å². The quantitative estimate of drug-likeness (QED) is 0.683. The molecule has 1 aliphatic heterocycles. The topological polar surface area (TPSA) is 20.3 Å². The molecule has 0 bridgehead atoms. The number of carbonyl (C=O) groups excluding carboxylic acids is 1. The molecule has 13 heavy (non-hydrogen) atoms. The Labute approximate surface area is 87.8 Å². The third kappa shape index (κ3) is 1.90. The zero-order valence-corrected chi connectivity index (χ0v) is 9.59. The van der Waals surface area contributed by atoms with Crippen molar-refractivity contribution < 1.29 is 4.79 Å². The van der Waals surface area contributed by atoms with Crippen LogP contribution in [0.15, 0.2) is 0 Å². The molecule has 1 aliphatic carbocycles. The van der Waals surface area contributed by atoms with E-state index in [1.54, 1.807) is 0 Å². The first-order chi connectivity index (χ1) is 6.22. The molecular formula is C10H16BrNO. The van der Waals surface area contributed by atoms with Gasteiger partial charge in [0.05, 0.1) is 0 Å². The smallest absolute Gasteiger partial charge is 0.225 e. The fourth-order valence-corrected chi connectivity index (χ4v) is 2.88. The first kappa shape index (κ1) is 9.50. The van der Waals surface area contributed by atoms with Gasteiger partial charge in [-0.2, -0.15) is 0 Å². The van der Waals surface area contributed by atoms with E-state index in [2.05, 4.69) is 22.9 Å². The highest BCUT2D eigenvalue weighted by Crippen LogP contribution is 2.34. The molecule has 0 aromatic carbocycles. The number of nitrogens with zero attached hydrogens (tertiary/aromatic N) is 1. The number of hydrogen-bond acceptors (Lipinski definition) is 1. The third-order valence-corrected chi connectivity index (χ3v) is 4.16. The van der Waals surface area contributed by atoms with Gasteiger partial charge in [0.1, 0.15) is 0 Å². The van der Waals surface area contributed by atoms with Gasteiger partial charge in [-0.15, -0.1) is 0 Å². The van der Waals surface area contributed by atoms with Gasteiger partial charge in [-0.25, -0.2) is 0 Å². The maximum Gasteiger partial charge on any atom is 0.225 e. The second-order valence-corrected chi connectivity index (χ2v) is 5.38. The number of rotatable bonds is 2. The van der Waals surface area contributed by atoms with Gasteiger partial charge in [0.2, 0.25) is 5.91 Å². The number of hydrogen-bond donors (Lipinski definition) is 0. The molecule has 2 unspecified atom stereocenters. The fourth-order valence-electron chi connectivity index (χ4n) is 1.98. The van der Waals surface area contributed by atoms with Crippen LogP contribution in [0, 0.1) is 11.8 Å². The van der Waals surface area contributed by atoms with Gasteiger partial charge in [0.15, 0.2) is 0 Å². The third-order valence-electron chi connectivity index (χ3n) is 3.12. The molecule has 1 heterocycles. The monoisotopic (exact) mass is 245 g/mol. The van der Waals surface area contributed by atoms with E-state index in [9.17, 15) is 4.79 Å². The average Bonchev–Trinajstić information content (AvgIpc) is 2.89. The number of carbonyl (C=O) groups is 1. The largest absolute Gasteiger partial charge is 0.341 e. The summed E-state index contributed by atoms with van der Waals surface area (Å²) in [6, 6.07) is 0. The molecule has 2 fully saturated rings. The molecule has 1 saturated heterocycles. The average molecular weight is 246 g/mol. The summed E-state index contributed by atoms with van der Waals surface area (Å²) in [4.78, 5) is 14.3. The summed E-state index contributed by atoms with van der Waals surface area (Å²) in [5.41, 5.74) is 0. The van der Waals surface area contributed by atoms with Crippen LogP contribution in [0.5, 0.6) is 0 Å². The maximum atomic E-state index is 11.7. The summed E-state index contributed by atoms with van der Waals surface area (Å²) in [7, 11) is 0. The van der Waals surface area contributed by atoms with Gasteiger partial charge in [0.25, 0.3) is 0 Å². The molecule has 0 aromatic rings. The summed E-state index contributed by atoms with van der Waals surface area (Å²) < 4.78 is 0. The van der Waals surface area contributed by atoms with Crippen molar-refractivity contribution in [3.63, 3.8) is 0 Å². The van der Waals surface area contributed by atoms with Gasteiger partial charge >= 0.3 is 0 Å². The Kier molecular flexibility index (Phi) is 2.63. The van der Waals surface area contributed by atoms with E-state index in [0.29, 0.717) is 22.6 Å². The standard InChI is InChI=1S/C10H16BrNO/c1-2-7-5-12(6-9(7)11)10(13)8-3-4-8/h7-9H,2-6H2,1H3. The van der Waals surface area contributed by atoms with E-state index < -0.39 is 0 Å². The van der Waals surface area contributed by atoms with Crippen LogP contribution in [0.3, 0.4) is 0 Å². The van der Waals surface area contributed by atoms with Crippen molar-refractivity contribution in [2.75, 3.05) is 13.1 Å². The lowest BCUT2D eigenvalue weighted by Gasteiger charge is -2.15. The van der Waals surface area contributed by atoms with Crippen LogP contribution in [0.1, 0.15) is 26.2 Å². The van der Waals surface area contributed by atoms with E-state index in [1.807, 2.05) is 4.90 Å². The minimum Gasteiger partial charge on any atom is -0.341 e. The van der Waals surface area contributed by atoms with Gasteiger partial charge in [0, 0.05) is 23.8 Å². The van der Waals surface area contributed by atoms with Crippen molar-refractivity contribution in [1.29, 1.82) is 0 Å². The van der Waals surface area contributed by atoms with Crippen LogP contribution in [-0.2, 0) is 4.79 Å². The lowest BCUT2D eigenvalue weighted by atomic mass is 10.1. The van der Waals surface area contributed by atoms with Crippen molar-refractivity contribution in [2.24, 2.45) is 11.8 Å². The normalized spacial score (nSPS) is 33.8. The number of likely N-dealkylation sites (tertiary alicyclic amines) is 1. The summed E-state index contributed by atoms with van der Waals surface area (Å²) in [6.07, 6.45) is 3.42. The highest BCUT2D eigenvalue weighted by atomic mass is 79.9. The van der Waals surface area contributed by atoms with Crippen molar-refractivity contribution in [1.82, 2.24) is 4.90 Å². The van der Waals surface area contributed by atoms with E-state index in [4.69, 9.17) is 0 Å². The number of halogens is 1. The molecule has 0 N–H and O–H groups in total. The van der Waals surface area contributed by atoms with Crippen LogP contribution in [0.25, 0.3) is 0 Å². The van der Waals surface area contributed by atoms with E-state index in [1.165, 1.54) is 6.42 Å². The van der Waals surface area contributed by atoms with Crippen molar-refractivity contribution >= 4 is 21.8 Å². The molecule has 0 aromatic heterocycles. The lowest BCUT2D eigenvalue weighted by molar-refractivity contribution is -0.131. The lowest BCUT2D eigenvalue weighted by Crippen LogP contribution is -2.30. The van der Waals surface area contributed by atoms with E-state index >= 15 is 0 Å². The summed E-state index contributed by atoms with van der Waals surface area (Å²) >= 11 is 3.65. The van der Waals surface area contributed by atoms with Crippen molar-refractivity contribution in [3.05, 3.63) is 0 Å². The summed E-state index contributed by atoms with van der Waals surface area (Å²) in [5.74, 6) is 1.46. The molecule has 3 heteroatoms. The van der Waals surface area contributed by atoms with Crippen LogP contribution < -0.4 is 0 Å². The molecule has 1 amide bonds. The molecule has 0 spiro atoms. The van der Waals surface area contributed by atoms with Crippen molar-refractivity contribution in [3.8, 4) is 0 Å². The minimum atomic E-state index is 0.385. The Balaban J connectivity index is 1.92. The zero-order valence-electron chi connectivity index (χ0n) is 8.00. The van der Waals surface area contributed by atoms with Gasteiger partial charge in [-0.3, -0.25) is 4.79 Å². The number of alkyl halides is 1. The Hall–Kier alpha value is -0.0500. The molecule has 2 rings (SSSR count). The first-order valence-corrected chi connectivity index (χ1v) is 6.06. The predicted octanol–water partition coefficient (Wildman–Crippen LogP) is 2.03. The fraction of sp³-hybridized carbons (Fsp3) is 0.900. The Morgan fingerprint density at radius 1 is 1.46 bits per heavy atom.